The lowest BCUT2D eigenvalue weighted by molar-refractivity contribution is 0.468. The van der Waals surface area contributed by atoms with Crippen LogP contribution in [0.3, 0.4) is 0 Å². The van der Waals surface area contributed by atoms with Crippen LogP contribution >= 0.6 is 11.3 Å². The minimum atomic E-state index is 0.525. The highest BCUT2D eigenvalue weighted by atomic mass is 32.1. The number of ether oxygens (including phenoxy) is 1. The number of aromatic nitrogens is 1. The van der Waals surface area contributed by atoms with Gasteiger partial charge in [-0.1, -0.05) is 19.9 Å². The summed E-state index contributed by atoms with van der Waals surface area (Å²) in [6, 6.07) is 10.5. The first-order chi connectivity index (χ1) is 10.0. The molecule has 0 amide bonds. The number of thiophene rings is 1. The van der Waals surface area contributed by atoms with Gasteiger partial charge in [0.25, 0.3) is 0 Å². The van der Waals surface area contributed by atoms with E-state index in [1.165, 1.54) is 20.7 Å². The Hall–Kier alpha value is -1.87. The third-order valence-electron chi connectivity index (χ3n) is 3.41. The lowest BCUT2D eigenvalue weighted by Crippen LogP contribution is -1.89. The molecule has 0 N–H and O–H groups in total. The van der Waals surface area contributed by atoms with E-state index in [-0.39, 0.29) is 0 Å². The van der Waals surface area contributed by atoms with Crippen molar-refractivity contribution in [1.82, 2.24) is 4.98 Å². The second-order valence-electron chi connectivity index (χ2n) is 5.76. The van der Waals surface area contributed by atoms with Gasteiger partial charge in [0.05, 0.1) is 5.39 Å². The number of fused-ring (bicyclic) bond motifs is 1. The van der Waals surface area contributed by atoms with Gasteiger partial charge in [0.15, 0.2) is 0 Å². The van der Waals surface area contributed by atoms with E-state index in [1.807, 2.05) is 29.7 Å². The first-order valence-corrected chi connectivity index (χ1v) is 7.99. The Balaban J connectivity index is 2.03. The zero-order valence-corrected chi connectivity index (χ0v) is 13.6. The molecular formula is C18H19NOS. The molecule has 0 spiro atoms. The van der Waals surface area contributed by atoms with E-state index in [9.17, 15) is 0 Å². The van der Waals surface area contributed by atoms with Crippen LogP contribution in [0.4, 0.5) is 0 Å². The largest absolute Gasteiger partial charge is 0.438 e. The monoisotopic (exact) mass is 297 g/mol. The van der Waals surface area contributed by atoms with Gasteiger partial charge in [0, 0.05) is 15.8 Å². The van der Waals surface area contributed by atoms with Gasteiger partial charge in [-0.25, -0.2) is 4.98 Å². The summed E-state index contributed by atoms with van der Waals surface area (Å²) >= 11 is 1.82. The maximum Gasteiger partial charge on any atom is 0.227 e. The van der Waals surface area contributed by atoms with Gasteiger partial charge < -0.3 is 4.74 Å². The smallest absolute Gasteiger partial charge is 0.227 e. The van der Waals surface area contributed by atoms with Crippen LogP contribution in [-0.4, -0.2) is 4.98 Å². The van der Waals surface area contributed by atoms with Crippen molar-refractivity contribution in [2.45, 2.75) is 33.6 Å². The third kappa shape index (κ3) is 2.93. The zero-order chi connectivity index (χ0) is 15.0. The summed E-state index contributed by atoms with van der Waals surface area (Å²) < 4.78 is 7.27. The molecule has 0 aliphatic rings. The lowest BCUT2D eigenvalue weighted by atomic mass is 10.1. The van der Waals surface area contributed by atoms with Crippen molar-refractivity contribution in [2.75, 3.05) is 0 Å². The maximum atomic E-state index is 6.04. The second-order valence-corrected chi connectivity index (χ2v) is 6.87. The summed E-state index contributed by atoms with van der Waals surface area (Å²) in [4.78, 5) is 5.78. The van der Waals surface area contributed by atoms with Crippen molar-refractivity contribution in [2.24, 2.45) is 0 Å². The predicted octanol–water partition coefficient (Wildman–Crippen LogP) is 5.83. The molecule has 0 bridgehead atoms. The standard InChI is InChI=1S/C18H19NOS/c1-11(2)17-10-15-16(21-17)5-6-19-18(15)20-14-8-12(3)7-13(4)9-14/h5-11H,1-4H3. The fourth-order valence-corrected chi connectivity index (χ4v) is 3.48. The number of hydrogen-bond donors (Lipinski definition) is 0. The Morgan fingerprint density at radius 3 is 2.43 bits per heavy atom. The topological polar surface area (TPSA) is 22.1 Å². The predicted molar refractivity (Wildman–Crippen MR) is 89.7 cm³/mol. The maximum absolute atomic E-state index is 6.04. The summed E-state index contributed by atoms with van der Waals surface area (Å²) in [5.41, 5.74) is 2.40. The fourth-order valence-electron chi connectivity index (χ4n) is 2.43. The number of pyridine rings is 1. The molecule has 3 heteroatoms. The molecule has 21 heavy (non-hydrogen) atoms. The number of hydrogen-bond acceptors (Lipinski definition) is 3. The summed E-state index contributed by atoms with van der Waals surface area (Å²) in [6.07, 6.45) is 1.82. The molecule has 3 aromatic rings. The summed E-state index contributed by atoms with van der Waals surface area (Å²) in [5, 5.41) is 1.10. The normalized spacial score (nSPS) is 11.3. The molecular weight excluding hydrogens is 278 g/mol. The van der Waals surface area contributed by atoms with Crippen molar-refractivity contribution in [3.8, 4) is 11.6 Å². The molecule has 1 aromatic carbocycles. The molecule has 3 rings (SSSR count). The molecule has 0 radical (unpaired) electrons. The molecule has 0 fully saturated rings. The molecule has 108 valence electrons. The van der Waals surface area contributed by atoms with Gasteiger partial charge >= 0.3 is 0 Å². The SMILES string of the molecule is Cc1cc(C)cc(Oc2nccc3sc(C(C)C)cc23)c1. The van der Waals surface area contributed by atoms with Crippen molar-refractivity contribution >= 4 is 21.4 Å². The first kappa shape index (κ1) is 14.1. The average molecular weight is 297 g/mol. The lowest BCUT2D eigenvalue weighted by Gasteiger charge is -2.07. The summed E-state index contributed by atoms with van der Waals surface area (Å²) in [5.74, 6) is 2.07. The quantitative estimate of drug-likeness (QED) is 0.607. The minimum Gasteiger partial charge on any atom is -0.438 e. The average Bonchev–Trinajstić information content (AvgIpc) is 2.82. The second kappa shape index (κ2) is 5.49. The Kier molecular flexibility index (Phi) is 3.68. The number of aryl methyl sites for hydroxylation is 2. The van der Waals surface area contributed by atoms with Gasteiger partial charge in [-0.15, -0.1) is 11.3 Å². The summed E-state index contributed by atoms with van der Waals surface area (Å²) in [7, 11) is 0. The molecule has 0 atom stereocenters. The summed E-state index contributed by atoms with van der Waals surface area (Å²) in [6.45, 7) is 8.58. The third-order valence-corrected chi connectivity index (χ3v) is 4.81. The molecule has 0 saturated carbocycles. The van der Waals surface area contributed by atoms with Crippen LogP contribution in [0, 0.1) is 13.8 Å². The highest BCUT2D eigenvalue weighted by molar-refractivity contribution is 7.19. The molecule has 0 aliphatic carbocycles. The zero-order valence-electron chi connectivity index (χ0n) is 12.8. The molecule has 2 heterocycles. The van der Waals surface area contributed by atoms with Crippen molar-refractivity contribution < 1.29 is 4.74 Å². The van der Waals surface area contributed by atoms with Crippen LogP contribution in [0.15, 0.2) is 36.5 Å². The van der Waals surface area contributed by atoms with Crippen LogP contribution in [0.25, 0.3) is 10.1 Å². The highest BCUT2D eigenvalue weighted by Crippen LogP contribution is 2.36. The van der Waals surface area contributed by atoms with E-state index in [0.717, 1.165) is 11.1 Å². The van der Waals surface area contributed by atoms with Crippen molar-refractivity contribution in [3.05, 3.63) is 52.5 Å². The molecule has 2 nitrogen and oxygen atoms in total. The van der Waals surface area contributed by atoms with Gasteiger partial charge in [-0.2, -0.15) is 0 Å². The number of nitrogens with zero attached hydrogens (tertiary/aromatic N) is 1. The minimum absolute atomic E-state index is 0.525. The van der Waals surface area contributed by atoms with E-state index in [1.54, 1.807) is 0 Å². The fraction of sp³-hybridized carbons (Fsp3) is 0.278. The van der Waals surface area contributed by atoms with Crippen LogP contribution in [0.5, 0.6) is 11.6 Å². The first-order valence-electron chi connectivity index (χ1n) is 7.17. The van der Waals surface area contributed by atoms with Crippen LogP contribution in [0.1, 0.15) is 35.8 Å². The van der Waals surface area contributed by atoms with Crippen LogP contribution in [0.2, 0.25) is 0 Å². The van der Waals surface area contributed by atoms with E-state index in [2.05, 4.69) is 50.9 Å². The molecule has 2 aromatic heterocycles. The number of benzene rings is 1. The van der Waals surface area contributed by atoms with Crippen molar-refractivity contribution in [3.63, 3.8) is 0 Å². The highest BCUT2D eigenvalue weighted by Gasteiger charge is 2.11. The van der Waals surface area contributed by atoms with Gasteiger partial charge in [0.1, 0.15) is 5.75 Å². The van der Waals surface area contributed by atoms with E-state index >= 15 is 0 Å². The Morgan fingerprint density at radius 2 is 1.76 bits per heavy atom. The Bertz CT molecular complexity index is 769. The molecule has 0 saturated heterocycles. The van der Waals surface area contributed by atoms with E-state index in [4.69, 9.17) is 4.74 Å². The van der Waals surface area contributed by atoms with E-state index in [0.29, 0.717) is 11.8 Å². The van der Waals surface area contributed by atoms with E-state index < -0.39 is 0 Å². The van der Waals surface area contributed by atoms with Crippen LogP contribution < -0.4 is 4.74 Å². The Labute approximate surface area is 129 Å². The molecule has 0 aliphatic heterocycles. The van der Waals surface area contributed by atoms with Crippen LogP contribution in [-0.2, 0) is 0 Å². The van der Waals surface area contributed by atoms with Gasteiger partial charge in [-0.05, 0) is 55.2 Å². The number of rotatable bonds is 3. The molecule has 0 unspecified atom stereocenters. The Morgan fingerprint density at radius 1 is 1.05 bits per heavy atom. The van der Waals surface area contributed by atoms with Gasteiger partial charge in [-0.3, -0.25) is 0 Å². The van der Waals surface area contributed by atoms with Crippen molar-refractivity contribution in [1.29, 1.82) is 0 Å². The van der Waals surface area contributed by atoms with Gasteiger partial charge in [0.2, 0.25) is 5.88 Å².